The minimum Gasteiger partial charge on any atom is -0.496 e. The highest BCUT2D eigenvalue weighted by atomic mass is 32.2. The van der Waals surface area contributed by atoms with Gasteiger partial charge in [0.1, 0.15) is 17.9 Å². The maximum absolute atomic E-state index is 13.1. The SMILES string of the molecule is COc1ccc(S(=O)(=O)N2CCN(c3cc(-n4ccc(C)n4)ncn3)CC2)cc1C. The van der Waals surface area contributed by atoms with Crippen molar-refractivity contribution in [3.05, 3.63) is 54.1 Å². The van der Waals surface area contributed by atoms with Crippen molar-refractivity contribution in [3.8, 4) is 11.6 Å². The van der Waals surface area contributed by atoms with Crippen LogP contribution in [0, 0.1) is 13.8 Å². The van der Waals surface area contributed by atoms with E-state index < -0.39 is 10.0 Å². The summed E-state index contributed by atoms with van der Waals surface area (Å²) in [6, 6.07) is 8.72. The van der Waals surface area contributed by atoms with Crippen LogP contribution in [0.15, 0.2) is 47.8 Å². The molecule has 1 saturated heterocycles. The van der Waals surface area contributed by atoms with Crippen molar-refractivity contribution in [2.45, 2.75) is 18.7 Å². The van der Waals surface area contributed by atoms with Gasteiger partial charge in [-0.1, -0.05) is 0 Å². The number of sulfonamides is 1. The van der Waals surface area contributed by atoms with E-state index in [1.165, 1.54) is 10.6 Å². The first-order valence-corrected chi connectivity index (χ1v) is 11.1. The standard InChI is InChI=1S/C20H24N6O3S/c1-15-12-17(4-5-18(15)29-3)30(27,28)25-10-8-24(9-11-25)19-13-20(22-14-21-19)26-7-6-16(2)23-26/h4-7,12-14H,8-11H2,1-3H3. The van der Waals surface area contributed by atoms with Gasteiger partial charge < -0.3 is 9.64 Å². The molecule has 30 heavy (non-hydrogen) atoms. The number of benzene rings is 1. The molecule has 0 aliphatic carbocycles. The van der Waals surface area contributed by atoms with E-state index in [9.17, 15) is 8.42 Å². The molecule has 10 heteroatoms. The van der Waals surface area contributed by atoms with E-state index in [1.807, 2.05) is 32.2 Å². The van der Waals surface area contributed by atoms with Gasteiger partial charge in [0.2, 0.25) is 10.0 Å². The maximum Gasteiger partial charge on any atom is 0.243 e. The van der Waals surface area contributed by atoms with Gasteiger partial charge in [0.05, 0.1) is 17.7 Å². The van der Waals surface area contributed by atoms with Crippen LogP contribution in [-0.2, 0) is 10.0 Å². The van der Waals surface area contributed by atoms with E-state index in [1.54, 1.807) is 30.0 Å². The summed E-state index contributed by atoms with van der Waals surface area (Å²) >= 11 is 0. The van der Waals surface area contributed by atoms with Crippen LogP contribution in [0.1, 0.15) is 11.3 Å². The third-order valence-electron chi connectivity index (χ3n) is 5.16. The quantitative estimate of drug-likeness (QED) is 0.612. The minimum absolute atomic E-state index is 0.285. The van der Waals surface area contributed by atoms with Crippen molar-refractivity contribution in [3.63, 3.8) is 0 Å². The van der Waals surface area contributed by atoms with Crippen LogP contribution < -0.4 is 9.64 Å². The molecule has 0 unspecified atom stereocenters. The number of hydrogen-bond donors (Lipinski definition) is 0. The third-order valence-corrected chi connectivity index (χ3v) is 7.06. The molecule has 9 nitrogen and oxygen atoms in total. The van der Waals surface area contributed by atoms with Crippen molar-refractivity contribution in [2.75, 3.05) is 38.2 Å². The average Bonchev–Trinajstić information content (AvgIpc) is 3.20. The molecule has 0 saturated carbocycles. The summed E-state index contributed by atoms with van der Waals surface area (Å²) in [5, 5.41) is 4.38. The molecular weight excluding hydrogens is 404 g/mol. The summed E-state index contributed by atoms with van der Waals surface area (Å²) < 4.78 is 34.6. The van der Waals surface area contributed by atoms with Gasteiger partial charge in [-0.25, -0.2) is 23.1 Å². The number of rotatable bonds is 5. The Morgan fingerprint density at radius 1 is 0.967 bits per heavy atom. The molecule has 4 rings (SSSR count). The lowest BCUT2D eigenvalue weighted by Gasteiger charge is -2.34. The van der Waals surface area contributed by atoms with Gasteiger partial charge in [0, 0.05) is 38.4 Å². The predicted octanol–water partition coefficient (Wildman–Crippen LogP) is 1.80. The number of piperazine rings is 1. The summed E-state index contributed by atoms with van der Waals surface area (Å²) in [5.74, 6) is 2.10. The lowest BCUT2D eigenvalue weighted by molar-refractivity contribution is 0.383. The normalized spacial score (nSPS) is 15.4. The molecule has 1 aliphatic rings. The summed E-state index contributed by atoms with van der Waals surface area (Å²) in [5.41, 5.74) is 1.70. The van der Waals surface area contributed by atoms with Gasteiger partial charge in [0.15, 0.2) is 5.82 Å². The smallest absolute Gasteiger partial charge is 0.243 e. The van der Waals surface area contributed by atoms with Crippen molar-refractivity contribution in [1.29, 1.82) is 0 Å². The van der Waals surface area contributed by atoms with Gasteiger partial charge in [-0.15, -0.1) is 0 Å². The fourth-order valence-electron chi connectivity index (χ4n) is 3.50. The monoisotopic (exact) mass is 428 g/mol. The molecule has 1 fully saturated rings. The zero-order valence-corrected chi connectivity index (χ0v) is 18.0. The van der Waals surface area contributed by atoms with Crippen LogP contribution in [0.4, 0.5) is 5.82 Å². The average molecular weight is 429 g/mol. The Morgan fingerprint density at radius 2 is 1.70 bits per heavy atom. The van der Waals surface area contributed by atoms with E-state index in [0.717, 1.165) is 17.1 Å². The van der Waals surface area contributed by atoms with Crippen molar-refractivity contribution >= 4 is 15.8 Å². The molecule has 0 bridgehead atoms. The Bertz CT molecular complexity index is 1150. The fourth-order valence-corrected chi connectivity index (χ4v) is 5.00. The molecule has 0 N–H and O–H groups in total. The maximum atomic E-state index is 13.1. The van der Waals surface area contributed by atoms with Crippen LogP contribution in [0.25, 0.3) is 5.82 Å². The molecule has 158 valence electrons. The van der Waals surface area contributed by atoms with Gasteiger partial charge >= 0.3 is 0 Å². The van der Waals surface area contributed by atoms with E-state index >= 15 is 0 Å². The van der Waals surface area contributed by atoms with Gasteiger partial charge in [-0.3, -0.25) is 0 Å². The number of aryl methyl sites for hydroxylation is 2. The Morgan fingerprint density at radius 3 is 2.33 bits per heavy atom. The van der Waals surface area contributed by atoms with E-state index in [0.29, 0.717) is 37.7 Å². The molecular formula is C20H24N6O3S. The molecule has 0 atom stereocenters. The second-order valence-corrected chi connectivity index (χ2v) is 9.10. The molecule has 1 aliphatic heterocycles. The summed E-state index contributed by atoms with van der Waals surface area (Å²) in [7, 11) is -1.99. The zero-order valence-electron chi connectivity index (χ0n) is 17.2. The lowest BCUT2D eigenvalue weighted by Crippen LogP contribution is -2.49. The molecule has 3 aromatic rings. The molecule has 0 radical (unpaired) electrons. The number of nitrogens with zero attached hydrogens (tertiary/aromatic N) is 6. The van der Waals surface area contributed by atoms with Gasteiger partial charge in [-0.05, 0) is 43.7 Å². The summed E-state index contributed by atoms with van der Waals surface area (Å²) in [6.45, 7) is 5.61. The molecule has 2 aromatic heterocycles. The van der Waals surface area contributed by atoms with Crippen molar-refractivity contribution in [1.82, 2.24) is 24.1 Å². The summed E-state index contributed by atoms with van der Waals surface area (Å²) in [6.07, 6.45) is 3.35. The topological polar surface area (TPSA) is 93.5 Å². The Labute approximate surface area is 176 Å². The van der Waals surface area contributed by atoms with E-state index in [2.05, 4.69) is 20.0 Å². The van der Waals surface area contributed by atoms with Crippen LogP contribution in [0.3, 0.4) is 0 Å². The molecule has 1 aromatic carbocycles. The number of aromatic nitrogens is 4. The van der Waals surface area contributed by atoms with Crippen LogP contribution in [-0.4, -0.2) is 65.8 Å². The van der Waals surface area contributed by atoms with Gasteiger partial charge in [-0.2, -0.15) is 9.40 Å². The largest absolute Gasteiger partial charge is 0.496 e. The zero-order chi connectivity index (χ0) is 21.3. The van der Waals surface area contributed by atoms with Crippen molar-refractivity contribution < 1.29 is 13.2 Å². The second kappa shape index (κ2) is 8.04. The number of ether oxygens (including phenoxy) is 1. The first kappa shape index (κ1) is 20.3. The molecule has 3 heterocycles. The highest BCUT2D eigenvalue weighted by Gasteiger charge is 2.29. The molecule has 0 spiro atoms. The first-order valence-electron chi connectivity index (χ1n) is 9.63. The van der Waals surface area contributed by atoms with E-state index in [-0.39, 0.29) is 4.90 Å². The second-order valence-electron chi connectivity index (χ2n) is 7.16. The van der Waals surface area contributed by atoms with Crippen LogP contribution in [0.5, 0.6) is 5.75 Å². The highest BCUT2D eigenvalue weighted by Crippen LogP contribution is 2.25. The predicted molar refractivity (Wildman–Crippen MR) is 113 cm³/mol. The van der Waals surface area contributed by atoms with Crippen LogP contribution in [0.2, 0.25) is 0 Å². The third kappa shape index (κ3) is 3.88. The Balaban J connectivity index is 1.48. The minimum atomic E-state index is -3.56. The number of methoxy groups -OCH3 is 1. The Kier molecular flexibility index (Phi) is 5.44. The number of anilines is 1. The van der Waals surface area contributed by atoms with Gasteiger partial charge in [0.25, 0.3) is 0 Å². The highest BCUT2D eigenvalue weighted by molar-refractivity contribution is 7.89. The van der Waals surface area contributed by atoms with Crippen molar-refractivity contribution in [2.24, 2.45) is 0 Å². The lowest BCUT2D eigenvalue weighted by atomic mass is 10.2. The Hall–Kier alpha value is -2.98. The first-order chi connectivity index (χ1) is 14.4. The molecule has 0 amide bonds. The van der Waals surface area contributed by atoms with E-state index in [4.69, 9.17) is 4.74 Å². The summed E-state index contributed by atoms with van der Waals surface area (Å²) in [4.78, 5) is 11.0. The number of hydrogen-bond acceptors (Lipinski definition) is 7. The van der Waals surface area contributed by atoms with Crippen LogP contribution >= 0.6 is 0 Å². The fraction of sp³-hybridized carbons (Fsp3) is 0.350.